The summed E-state index contributed by atoms with van der Waals surface area (Å²) in [7, 11) is 0. The molecule has 1 aliphatic heterocycles. The van der Waals surface area contributed by atoms with E-state index in [9.17, 15) is 9.18 Å². The second kappa shape index (κ2) is 5.19. The van der Waals surface area contributed by atoms with Gasteiger partial charge >= 0.3 is 0 Å². The van der Waals surface area contributed by atoms with E-state index in [0.29, 0.717) is 17.0 Å². The smallest absolute Gasteiger partial charge is 0.231 e. The first-order valence-corrected chi connectivity index (χ1v) is 6.73. The zero-order chi connectivity index (χ0) is 15.0. The highest BCUT2D eigenvalue weighted by Crippen LogP contribution is 2.32. The Morgan fingerprint density at radius 3 is 2.86 bits per heavy atom. The molecule has 3 nitrogen and oxygen atoms in total. The number of rotatable bonds is 2. The third-order valence-corrected chi connectivity index (χ3v) is 3.64. The summed E-state index contributed by atoms with van der Waals surface area (Å²) in [5.74, 6) is -0.544. The number of halogens is 2. The van der Waals surface area contributed by atoms with E-state index in [1.54, 1.807) is 23.1 Å². The highest BCUT2D eigenvalue weighted by atomic mass is 35.5. The van der Waals surface area contributed by atoms with E-state index in [-0.39, 0.29) is 18.0 Å². The molecule has 0 fully saturated rings. The molecule has 5 heteroatoms. The molecule has 0 spiro atoms. The molecular formula is C16H10ClFN2O. The van der Waals surface area contributed by atoms with Crippen LogP contribution < -0.4 is 4.90 Å². The summed E-state index contributed by atoms with van der Waals surface area (Å²) in [5.41, 5.74) is 2.47. The van der Waals surface area contributed by atoms with Gasteiger partial charge in [-0.2, -0.15) is 5.26 Å². The number of benzene rings is 2. The summed E-state index contributed by atoms with van der Waals surface area (Å²) in [6.45, 7) is 0.221. The molecule has 104 valence electrons. The zero-order valence-electron chi connectivity index (χ0n) is 10.9. The Kier molecular flexibility index (Phi) is 3.36. The van der Waals surface area contributed by atoms with Crippen molar-refractivity contribution in [3.63, 3.8) is 0 Å². The fourth-order valence-corrected chi connectivity index (χ4v) is 2.66. The third-order valence-electron chi connectivity index (χ3n) is 3.41. The lowest BCUT2D eigenvalue weighted by Crippen LogP contribution is -2.26. The number of hydrogen-bond acceptors (Lipinski definition) is 2. The van der Waals surface area contributed by atoms with E-state index in [1.807, 2.05) is 12.1 Å². The van der Waals surface area contributed by atoms with Crippen molar-refractivity contribution in [3.8, 4) is 6.07 Å². The minimum absolute atomic E-state index is 0.0602. The minimum atomic E-state index is -0.484. The molecule has 1 amide bonds. The first kappa shape index (κ1) is 13.6. The summed E-state index contributed by atoms with van der Waals surface area (Å²) >= 11 is 5.97. The minimum Gasteiger partial charge on any atom is -0.307 e. The van der Waals surface area contributed by atoms with Crippen LogP contribution in [0.3, 0.4) is 0 Å². The molecular weight excluding hydrogens is 291 g/mol. The van der Waals surface area contributed by atoms with Gasteiger partial charge in [0.05, 0.1) is 24.6 Å². The van der Waals surface area contributed by atoms with Gasteiger partial charge in [-0.15, -0.1) is 0 Å². The first-order valence-electron chi connectivity index (χ1n) is 6.35. The molecule has 0 aromatic heterocycles. The van der Waals surface area contributed by atoms with Gasteiger partial charge in [0.1, 0.15) is 5.82 Å². The van der Waals surface area contributed by atoms with Crippen LogP contribution >= 0.6 is 11.6 Å². The summed E-state index contributed by atoms with van der Waals surface area (Å²) in [4.78, 5) is 13.7. The van der Waals surface area contributed by atoms with Crippen LogP contribution in [-0.4, -0.2) is 5.91 Å². The van der Waals surface area contributed by atoms with E-state index < -0.39 is 5.82 Å². The Labute approximate surface area is 126 Å². The number of fused-ring (bicyclic) bond motifs is 1. The van der Waals surface area contributed by atoms with Crippen LogP contribution in [-0.2, 0) is 17.8 Å². The summed E-state index contributed by atoms with van der Waals surface area (Å²) in [6, 6.07) is 11.3. The number of amides is 1. The molecule has 0 bridgehead atoms. The topological polar surface area (TPSA) is 44.1 Å². The predicted octanol–water partition coefficient (Wildman–Crippen LogP) is 3.44. The van der Waals surface area contributed by atoms with Gasteiger partial charge in [-0.3, -0.25) is 4.79 Å². The second-order valence-corrected chi connectivity index (χ2v) is 5.33. The van der Waals surface area contributed by atoms with Gasteiger partial charge in [-0.25, -0.2) is 4.39 Å². The van der Waals surface area contributed by atoms with Gasteiger partial charge in [0.15, 0.2) is 0 Å². The Balaban J connectivity index is 1.96. The van der Waals surface area contributed by atoms with Crippen molar-refractivity contribution in [2.45, 2.75) is 13.0 Å². The number of nitriles is 1. The SMILES string of the molecule is N#Cc1cc(F)cc(CN2C(=O)Cc3ccc(Cl)cc32)c1. The molecule has 2 aromatic rings. The van der Waals surface area contributed by atoms with Gasteiger partial charge in [0.2, 0.25) is 5.91 Å². The fourth-order valence-electron chi connectivity index (χ4n) is 2.49. The van der Waals surface area contributed by atoms with Gasteiger partial charge in [0.25, 0.3) is 0 Å². The Hall–Kier alpha value is -2.38. The van der Waals surface area contributed by atoms with Crippen molar-refractivity contribution in [2.75, 3.05) is 4.90 Å². The van der Waals surface area contributed by atoms with Crippen molar-refractivity contribution < 1.29 is 9.18 Å². The summed E-state index contributed by atoms with van der Waals surface area (Å²) in [5, 5.41) is 9.43. The number of carbonyl (C=O) groups is 1. The van der Waals surface area contributed by atoms with Crippen molar-refractivity contribution in [1.29, 1.82) is 5.26 Å². The molecule has 0 saturated carbocycles. The van der Waals surface area contributed by atoms with Crippen molar-refractivity contribution in [1.82, 2.24) is 0 Å². The van der Waals surface area contributed by atoms with Crippen molar-refractivity contribution in [3.05, 3.63) is 63.9 Å². The van der Waals surface area contributed by atoms with Crippen LogP contribution in [0.2, 0.25) is 5.02 Å². The van der Waals surface area contributed by atoms with Gasteiger partial charge < -0.3 is 4.90 Å². The molecule has 2 aromatic carbocycles. The molecule has 0 atom stereocenters. The molecule has 0 unspecified atom stereocenters. The maximum Gasteiger partial charge on any atom is 0.231 e. The number of nitrogens with zero attached hydrogens (tertiary/aromatic N) is 2. The van der Waals surface area contributed by atoms with E-state index in [4.69, 9.17) is 16.9 Å². The van der Waals surface area contributed by atoms with E-state index in [0.717, 1.165) is 11.3 Å². The quantitative estimate of drug-likeness (QED) is 0.853. The average Bonchev–Trinajstić information content (AvgIpc) is 2.74. The molecule has 1 heterocycles. The van der Waals surface area contributed by atoms with Crippen molar-refractivity contribution >= 4 is 23.2 Å². The second-order valence-electron chi connectivity index (χ2n) is 4.89. The summed E-state index contributed by atoms with van der Waals surface area (Å²) in [6.07, 6.45) is 0.312. The van der Waals surface area contributed by atoms with Gasteiger partial charge in [-0.05, 0) is 41.5 Å². The number of hydrogen-bond donors (Lipinski definition) is 0. The van der Waals surface area contributed by atoms with Crippen LogP contribution in [0, 0.1) is 17.1 Å². The normalized spacial score (nSPS) is 13.2. The molecule has 3 rings (SSSR count). The monoisotopic (exact) mass is 300 g/mol. The molecule has 0 aliphatic carbocycles. The van der Waals surface area contributed by atoms with Gasteiger partial charge in [-0.1, -0.05) is 17.7 Å². The van der Waals surface area contributed by atoms with Crippen LogP contribution in [0.1, 0.15) is 16.7 Å². The maximum absolute atomic E-state index is 13.5. The fraction of sp³-hybridized carbons (Fsp3) is 0.125. The highest BCUT2D eigenvalue weighted by Gasteiger charge is 2.27. The lowest BCUT2D eigenvalue weighted by Gasteiger charge is -2.18. The van der Waals surface area contributed by atoms with E-state index in [1.165, 1.54) is 12.1 Å². The molecule has 0 N–H and O–H groups in total. The zero-order valence-corrected chi connectivity index (χ0v) is 11.7. The lowest BCUT2D eigenvalue weighted by molar-refractivity contribution is -0.117. The van der Waals surface area contributed by atoms with E-state index >= 15 is 0 Å². The standard InChI is InChI=1S/C16H10ClFN2O/c17-13-2-1-12-6-16(21)20(15(12)7-13)9-11-3-10(8-19)4-14(18)5-11/h1-5,7H,6,9H2. The van der Waals surface area contributed by atoms with Crippen LogP contribution in [0.25, 0.3) is 0 Å². The Morgan fingerprint density at radius 2 is 2.10 bits per heavy atom. The first-order chi connectivity index (χ1) is 10.1. The van der Waals surface area contributed by atoms with Crippen LogP contribution in [0.4, 0.5) is 10.1 Å². The van der Waals surface area contributed by atoms with Gasteiger partial charge in [0, 0.05) is 10.7 Å². The van der Waals surface area contributed by atoms with Crippen molar-refractivity contribution in [2.24, 2.45) is 0 Å². The highest BCUT2D eigenvalue weighted by molar-refractivity contribution is 6.31. The lowest BCUT2D eigenvalue weighted by atomic mass is 10.1. The Morgan fingerprint density at radius 1 is 1.29 bits per heavy atom. The van der Waals surface area contributed by atoms with Crippen LogP contribution in [0.15, 0.2) is 36.4 Å². The largest absolute Gasteiger partial charge is 0.307 e. The third kappa shape index (κ3) is 2.61. The molecule has 21 heavy (non-hydrogen) atoms. The average molecular weight is 301 g/mol. The molecule has 0 saturated heterocycles. The molecule has 0 radical (unpaired) electrons. The molecule has 1 aliphatic rings. The summed E-state index contributed by atoms with van der Waals surface area (Å²) < 4.78 is 13.5. The Bertz CT molecular complexity index is 782. The van der Waals surface area contributed by atoms with Crippen LogP contribution in [0.5, 0.6) is 0 Å². The number of anilines is 1. The predicted molar refractivity (Wildman–Crippen MR) is 77.5 cm³/mol. The number of carbonyl (C=O) groups excluding carboxylic acids is 1. The maximum atomic E-state index is 13.5. The van der Waals surface area contributed by atoms with E-state index in [2.05, 4.69) is 0 Å².